The van der Waals surface area contributed by atoms with E-state index in [2.05, 4.69) is 33.8 Å². The molecule has 4 atom stereocenters. The topological polar surface area (TPSA) is 57.3 Å². The van der Waals surface area contributed by atoms with Gasteiger partial charge in [0.25, 0.3) is 0 Å². The maximum atomic E-state index is 11.4. The van der Waals surface area contributed by atoms with Crippen LogP contribution in [-0.4, -0.2) is 49.7 Å². The molecule has 0 radical (unpaired) electrons. The van der Waals surface area contributed by atoms with E-state index in [1.54, 1.807) is 7.11 Å². The second-order valence-electron chi connectivity index (χ2n) is 7.41. The molecule has 23 heavy (non-hydrogen) atoms. The Morgan fingerprint density at radius 2 is 2.00 bits per heavy atom. The number of allylic oxidation sites excluding steroid dienone is 1. The molecule has 2 rings (SSSR count). The summed E-state index contributed by atoms with van der Waals surface area (Å²) in [7, 11) is 1.67. The van der Waals surface area contributed by atoms with Crippen molar-refractivity contribution in [1.29, 1.82) is 0 Å². The van der Waals surface area contributed by atoms with Crippen LogP contribution in [-0.2, 0) is 23.7 Å². The summed E-state index contributed by atoms with van der Waals surface area (Å²) in [6.07, 6.45) is 3.22. The molecular weight excluding hydrogens is 296 g/mol. The SMILES string of the molecule is COC1C(OC(C)=O)CCC2(CO2)C1C(C)(C)OCC=C(C)C. The van der Waals surface area contributed by atoms with Crippen LogP contribution < -0.4 is 0 Å². The van der Waals surface area contributed by atoms with E-state index < -0.39 is 5.60 Å². The molecule has 2 fully saturated rings. The van der Waals surface area contributed by atoms with Crippen molar-refractivity contribution in [3.05, 3.63) is 11.6 Å². The molecule has 5 heteroatoms. The summed E-state index contributed by atoms with van der Waals surface area (Å²) in [5.41, 5.74) is 0.580. The number of carbonyl (C=O) groups excluding carboxylic acids is 1. The Kier molecular flexibility index (Phi) is 5.54. The molecule has 0 aromatic heterocycles. The minimum absolute atomic E-state index is 0.0173. The lowest BCUT2D eigenvalue weighted by molar-refractivity contribution is -0.190. The first-order valence-corrected chi connectivity index (χ1v) is 8.33. The molecule has 1 saturated carbocycles. The fourth-order valence-electron chi connectivity index (χ4n) is 3.81. The summed E-state index contributed by atoms with van der Waals surface area (Å²) in [6, 6.07) is 0. The molecule has 132 valence electrons. The summed E-state index contributed by atoms with van der Waals surface area (Å²) >= 11 is 0. The quantitative estimate of drug-likeness (QED) is 0.427. The highest BCUT2D eigenvalue weighted by Crippen LogP contribution is 2.52. The highest BCUT2D eigenvalue weighted by Gasteiger charge is 2.64. The number of carbonyl (C=O) groups is 1. The summed E-state index contributed by atoms with van der Waals surface area (Å²) in [4.78, 5) is 11.4. The number of hydrogen-bond acceptors (Lipinski definition) is 5. The Morgan fingerprint density at radius 3 is 2.48 bits per heavy atom. The molecule has 0 aromatic rings. The normalized spacial score (nSPS) is 33.4. The third-order valence-corrected chi connectivity index (χ3v) is 4.91. The zero-order valence-corrected chi connectivity index (χ0v) is 15.2. The third-order valence-electron chi connectivity index (χ3n) is 4.91. The van der Waals surface area contributed by atoms with Crippen molar-refractivity contribution in [3.63, 3.8) is 0 Å². The Labute approximate surface area is 139 Å². The molecule has 4 unspecified atom stereocenters. The number of esters is 1. The van der Waals surface area contributed by atoms with E-state index in [0.29, 0.717) is 6.61 Å². The average molecular weight is 326 g/mol. The molecule has 0 amide bonds. The average Bonchev–Trinajstić information content (AvgIpc) is 3.19. The number of rotatable bonds is 6. The highest BCUT2D eigenvalue weighted by molar-refractivity contribution is 5.66. The van der Waals surface area contributed by atoms with Crippen molar-refractivity contribution in [3.8, 4) is 0 Å². The number of epoxide rings is 1. The largest absolute Gasteiger partial charge is 0.460 e. The molecule has 1 heterocycles. The molecule has 1 spiro atoms. The second-order valence-corrected chi connectivity index (χ2v) is 7.41. The lowest BCUT2D eigenvalue weighted by Crippen LogP contribution is -2.58. The lowest BCUT2D eigenvalue weighted by atomic mass is 9.68. The van der Waals surface area contributed by atoms with E-state index in [-0.39, 0.29) is 29.7 Å². The molecule has 2 aliphatic rings. The third kappa shape index (κ3) is 4.14. The van der Waals surface area contributed by atoms with Gasteiger partial charge in [0.2, 0.25) is 0 Å². The van der Waals surface area contributed by atoms with E-state index in [4.69, 9.17) is 18.9 Å². The first kappa shape index (κ1) is 18.4. The van der Waals surface area contributed by atoms with Gasteiger partial charge in [-0.2, -0.15) is 0 Å². The monoisotopic (exact) mass is 326 g/mol. The Bertz CT molecular complexity index is 460. The van der Waals surface area contributed by atoms with Crippen LogP contribution in [0.3, 0.4) is 0 Å². The molecule has 5 nitrogen and oxygen atoms in total. The van der Waals surface area contributed by atoms with E-state index in [9.17, 15) is 4.79 Å². The zero-order chi connectivity index (χ0) is 17.3. The molecule has 1 saturated heterocycles. The molecule has 0 bridgehead atoms. The molecule has 0 N–H and O–H groups in total. The van der Waals surface area contributed by atoms with E-state index >= 15 is 0 Å². The van der Waals surface area contributed by atoms with Crippen molar-refractivity contribution < 1.29 is 23.7 Å². The van der Waals surface area contributed by atoms with Crippen LogP contribution in [0.25, 0.3) is 0 Å². The van der Waals surface area contributed by atoms with E-state index in [1.807, 2.05) is 0 Å². The van der Waals surface area contributed by atoms with Gasteiger partial charge in [0, 0.05) is 20.0 Å². The van der Waals surface area contributed by atoms with Crippen LogP contribution in [0.2, 0.25) is 0 Å². The van der Waals surface area contributed by atoms with Crippen molar-refractivity contribution >= 4 is 5.97 Å². The van der Waals surface area contributed by atoms with Crippen LogP contribution in [0, 0.1) is 5.92 Å². The fourth-order valence-corrected chi connectivity index (χ4v) is 3.81. The van der Waals surface area contributed by atoms with Crippen LogP contribution in [0.5, 0.6) is 0 Å². The van der Waals surface area contributed by atoms with Gasteiger partial charge in [0.05, 0.1) is 24.4 Å². The van der Waals surface area contributed by atoms with Gasteiger partial charge in [-0.1, -0.05) is 11.6 Å². The van der Waals surface area contributed by atoms with Gasteiger partial charge < -0.3 is 18.9 Å². The first-order valence-electron chi connectivity index (χ1n) is 8.33. The first-order chi connectivity index (χ1) is 10.7. The Balaban J connectivity index is 2.19. The van der Waals surface area contributed by atoms with Crippen LogP contribution in [0.15, 0.2) is 11.6 Å². The predicted octanol–water partition coefficient (Wildman–Crippen LogP) is 2.87. The van der Waals surface area contributed by atoms with Gasteiger partial charge in [0.1, 0.15) is 12.2 Å². The minimum Gasteiger partial charge on any atom is -0.460 e. The van der Waals surface area contributed by atoms with Crippen LogP contribution in [0.1, 0.15) is 47.5 Å². The summed E-state index contributed by atoms with van der Waals surface area (Å²) < 4.78 is 23.2. The molecular formula is C18H30O5. The predicted molar refractivity (Wildman–Crippen MR) is 87.2 cm³/mol. The second kappa shape index (κ2) is 6.91. The van der Waals surface area contributed by atoms with Gasteiger partial charge in [-0.15, -0.1) is 0 Å². The van der Waals surface area contributed by atoms with E-state index in [0.717, 1.165) is 19.4 Å². The number of ether oxygens (including phenoxy) is 4. The maximum absolute atomic E-state index is 11.4. The van der Waals surface area contributed by atoms with Gasteiger partial charge in [-0.05, 0) is 40.5 Å². The Morgan fingerprint density at radius 1 is 1.35 bits per heavy atom. The minimum atomic E-state index is -0.443. The standard InChI is InChI=1S/C18H30O5/c1-12(2)8-10-21-17(4,5)16-15(20-6)14(23-13(3)19)7-9-18(16)11-22-18/h8,14-16H,7,9-11H2,1-6H3. The lowest BCUT2D eigenvalue weighted by Gasteiger charge is -2.47. The van der Waals surface area contributed by atoms with Crippen molar-refractivity contribution in [2.45, 2.75) is 70.9 Å². The van der Waals surface area contributed by atoms with Crippen LogP contribution in [0.4, 0.5) is 0 Å². The summed E-state index contributed by atoms with van der Waals surface area (Å²) in [6.45, 7) is 11.0. The number of methoxy groups -OCH3 is 1. The molecule has 1 aliphatic heterocycles. The fraction of sp³-hybridized carbons (Fsp3) is 0.833. The maximum Gasteiger partial charge on any atom is 0.302 e. The van der Waals surface area contributed by atoms with Crippen LogP contribution >= 0.6 is 0 Å². The van der Waals surface area contributed by atoms with Gasteiger partial charge in [-0.25, -0.2) is 0 Å². The van der Waals surface area contributed by atoms with Gasteiger partial charge >= 0.3 is 5.97 Å². The smallest absolute Gasteiger partial charge is 0.302 e. The summed E-state index contributed by atoms with van der Waals surface area (Å²) in [5, 5.41) is 0. The van der Waals surface area contributed by atoms with Gasteiger partial charge in [-0.3, -0.25) is 4.79 Å². The van der Waals surface area contributed by atoms with Crippen molar-refractivity contribution in [1.82, 2.24) is 0 Å². The number of hydrogen-bond donors (Lipinski definition) is 0. The van der Waals surface area contributed by atoms with E-state index in [1.165, 1.54) is 12.5 Å². The molecule has 0 aromatic carbocycles. The molecule has 1 aliphatic carbocycles. The Hall–Kier alpha value is -0.910. The highest BCUT2D eigenvalue weighted by atomic mass is 16.6. The summed E-state index contributed by atoms with van der Waals surface area (Å²) in [5.74, 6) is -0.254. The van der Waals surface area contributed by atoms with Crippen molar-refractivity contribution in [2.24, 2.45) is 5.92 Å². The van der Waals surface area contributed by atoms with Gasteiger partial charge in [0.15, 0.2) is 0 Å². The van der Waals surface area contributed by atoms with Crippen molar-refractivity contribution in [2.75, 3.05) is 20.3 Å². The zero-order valence-electron chi connectivity index (χ0n) is 15.2.